The third kappa shape index (κ3) is 5.48. The fraction of sp³-hybridized carbons (Fsp3) is 0.238. The van der Waals surface area contributed by atoms with Gasteiger partial charge in [-0.3, -0.25) is 4.79 Å². The van der Waals surface area contributed by atoms with Gasteiger partial charge in [-0.2, -0.15) is 0 Å². The van der Waals surface area contributed by atoms with Crippen LogP contribution in [0.3, 0.4) is 0 Å². The Morgan fingerprint density at radius 2 is 1.73 bits per heavy atom. The van der Waals surface area contributed by atoms with E-state index in [0.717, 1.165) is 0 Å². The molecule has 0 atom stereocenters. The van der Waals surface area contributed by atoms with Crippen molar-refractivity contribution < 1.29 is 24.2 Å². The monoisotopic (exact) mass is 354 g/mol. The lowest BCUT2D eigenvalue weighted by molar-refractivity contribution is -0.139. The molecule has 0 aliphatic rings. The van der Waals surface area contributed by atoms with E-state index in [1.54, 1.807) is 43.3 Å². The Labute approximate surface area is 152 Å². The maximum atomic E-state index is 12.4. The number of phenols is 1. The van der Waals surface area contributed by atoms with Crippen LogP contribution in [0, 0.1) is 0 Å². The van der Waals surface area contributed by atoms with Crippen LogP contribution in [0.5, 0.6) is 11.5 Å². The number of esters is 1. The van der Waals surface area contributed by atoms with Gasteiger partial charge in [-0.25, -0.2) is 4.79 Å². The van der Waals surface area contributed by atoms with Crippen LogP contribution in [0.25, 0.3) is 0 Å². The zero-order valence-electron chi connectivity index (χ0n) is 14.7. The highest BCUT2D eigenvalue weighted by atomic mass is 16.5. The SMILES string of the molecule is C=C(C)C(=O)OCCCCOc1ccc(C(=O)c2ccccc2)c(O)c1. The van der Waals surface area contributed by atoms with Crippen LogP contribution in [0.15, 0.2) is 60.7 Å². The number of ketones is 1. The molecule has 0 bridgehead atoms. The maximum absolute atomic E-state index is 12.4. The van der Waals surface area contributed by atoms with Gasteiger partial charge >= 0.3 is 5.97 Å². The fourth-order valence-corrected chi connectivity index (χ4v) is 2.22. The standard InChI is InChI=1S/C21H22O5/c1-15(2)21(24)26-13-7-6-12-25-17-10-11-18(19(22)14-17)20(23)16-8-4-3-5-9-16/h3-5,8-11,14,22H,1,6-7,12-13H2,2H3. The molecule has 0 unspecified atom stereocenters. The molecule has 0 aliphatic carbocycles. The van der Waals surface area contributed by atoms with Crippen LogP contribution >= 0.6 is 0 Å². The average Bonchev–Trinajstić information content (AvgIpc) is 2.64. The molecule has 2 aromatic rings. The van der Waals surface area contributed by atoms with Crippen LogP contribution in [0.2, 0.25) is 0 Å². The van der Waals surface area contributed by atoms with Gasteiger partial charge in [0.15, 0.2) is 5.78 Å². The van der Waals surface area contributed by atoms with Gasteiger partial charge in [-0.1, -0.05) is 36.9 Å². The maximum Gasteiger partial charge on any atom is 0.333 e. The molecule has 0 spiro atoms. The van der Waals surface area contributed by atoms with E-state index in [4.69, 9.17) is 9.47 Å². The van der Waals surface area contributed by atoms with E-state index in [1.165, 1.54) is 6.07 Å². The van der Waals surface area contributed by atoms with Crippen LogP contribution in [0.4, 0.5) is 0 Å². The average molecular weight is 354 g/mol. The molecule has 0 saturated carbocycles. The molecular formula is C21H22O5. The summed E-state index contributed by atoms with van der Waals surface area (Å²) in [4.78, 5) is 23.6. The largest absolute Gasteiger partial charge is 0.507 e. The topological polar surface area (TPSA) is 72.8 Å². The zero-order chi connectivity index (χ0) is 18.9. The van der Waals surface area contributed by atoms with Gasteiger partial charge in [0.25, 0.3) is 0 Å². The minimum atomic E-state index is -0.394. The van der Waals surface area contributed by atoms with Crippen molar-refractivity contribution in [2.24, 2.45) is 0 Å². The van der Waals surface area contributed by atoms with E-state index in [1.807, 2.05) is 6.07 Å². The summed E-state index contributed by atoms with van der Waals surface area (Å²) in [6.07, 6.45) is 1.35. The molecule has 0 radical (unpaired) electrons. The third-order valence-corrected chi connectivity index (χ3v) is 3.64. The first kappa shape index (κ1) is 19.2. The van der Waals surface area contributed by atoms with Crippen molar-refractivity contribution >= 4 is 11.8 Å². The summed E-state index contributed by atoms with van der Waals surface area (Å²) < 4.78 is 10.5. The molecule has 0 aliphatic heterocycles. The number of hydrogen-bond acceptors (Lipinski definition) is 5. The van der Waals surface area contributed by atoms with E-state index < -0.39 is 5.97 Å². The van der Waals surface area contributed by atoms with Gasteiger partial charge in [-0.15, -0.1) is 0 Å². The van der Waals surface area contributed by atoms with E-state index in [-0.39, 0.29) is 17.1 Å². The molecule has 26 heavy (non-hydrogen) atoms. The molecule has 0 fully saturated rings. The van der Waals surface area contributed by atoms with E-state index in [2.05, 4.69) is 6.58 Å². The zero-order valence-corrected chi connectivity index (χ0v) is 14.7. The number of carbonyl (C=O) groups is 2. The highest BCUT2D eigenvalue weighted by Crippen LogP contribution is 2.26. The van der Waals surface area contributed by atoms with Crippen LogP contribution in [-0.4, -0.2) is 30.1 Å². The minimum absolute atomic E-state index is 0.119. The molecule has 0 amide bonds. The summed E-state index contributed by atoms with van der Waals surface area (Å²) in [5.41, 5.74) is 1.12. The van der Waals surface area contributed by atoms with Crippen LogP contribution in [0.1, 0.15) is 35.7 Å². The number of unbranched alkanes of at least 4 members (excludes halogenated alkanes) is 1. The second kappa shape index (κ2) is 9.42. The number of rotatable bonds is 9. The summed E-state index contributed by atoms with van der Waals surface area (Å²) >= 11 is 0. The Kier molecular flexibility index (Phi) is 6.97. The summed E-state index contributed by atoms with van der Waals surface area (Å²) in [6.45, 7) is 5.83. The molecule has 0 saturated heterocycles. The Hall–Kier alpha value is -3.08. The fourth-order valence-electron chi connectivity index (χ4n) is 2.22. The number of hydrogen-bond donors (Lipinski definition) is 1. The van der Waals surface area contributed by atoms with Crippen LogP contribution in [-0.2, 0) is 9.53 Å². The molecule has 2 aromatic carbocycles. The Morgan fingerprint density at radius 1 is 1.04 bits per heavy atom. The molecule has 0 aromatic heterocycles. The van der Waals surface area contributed by atoms with E-state index >= 15 is 0 Å². The van der Waals surface area contributed by atoms with E-state index in [9.17, 15) is 14.7 Å². The number of aromatic hydroxyl groups is 1. The molecule has 5 nitrogen and oxygen atoms in total. The van der Waals surface area contributed by atoms with Crippen molar-refractivity contribution in [1.29, 1.82) is 0 Å². The van der Waals surface area contributed by atoms with Crippen LogP contribution < -0.4 is 4.74 Å². The van der Waals surface area contributed by atoms with Crippen molar-refractivity contribution in [2.45, 2.75) is 19.8 Å². The molecule has 5 heteroatoms. The predicted molar refractivity (Wildman–Crippen MR) is 98.5 cm³/mol. The molecular weight excluding hydrogens is 332 g/mol. The van der Waals surface area contributed by atoms with Gasteiger partial charge < -0.3 is 14.6 Å². The molecule has 1 N–H and O–H groups in total. The lowest BCUT2D eigenvalue weighted by Crippen LogP contribution is -2.07. The molecule has 2 rings (SSSR count). The first-order chi connectivity index (χ1) is 12.5. The van der Waals surface area contributed by atoms with Crippen molar-refractivity contribution in [2.75, 3.05) is 13.2 Å². The molecule has 0 heterocycles. The van der Waals surface area contributed by atoms with Gasteiger partial charge in [0.2, 0.25) is 0 Å². The van der Waals surface area contributed by atoms with Gasteiger partial charge in [0, 0.05) is 17.2 Å². The lowest BCUT2D eigenvalue weighted by Gasteiger charge is -2.09. The number of carbonyl (C=O) groups excluding carboxylic acids is 2. The second-order valence-corrected chi connectivity index (χ2v) is 5.85. The van der Waals surface area contributed by atoms with E-state index in [0.29, 0.717) is 42.9 Å². The lowest BCUT2D eigenvalue weighted by atomic mass is 10.0. The highest BCUT2D eigenvalue weighted by molar-refractivity contribution is 6.10. The number of phenolic OH excluding ortho intramolecular Hbond substituents is 1. The summed E-state index contributed by atoms with van der Waals surface area (Å²) in [5.74, 6) is -0.277. The summed E-state index contributed by atoms with van der Waals surface area (Å²) in [5, 5.41) is 10.1. The third-order valence-electron chi connectivity index (χ3n) is 3.64. The van der Waals surface area contributed by atoms with Crippen molar-refractivity contribution in [3.05, 3.63) is 71.8 Å². The normalized spacial score (nSPS) is 10.2. The smallest absolute Gasteiger partial charge is 0.333 e. The minimum Gasteiger partial charge on any atom is -0.507 e. The Balaban J connectivity index is 1.81. The van der Waals surface area contributed by atoms with Gasteiger partial charge in [0.05, 0.1) is 18.8 Å². The highest BCUT2D eigenvalue weighted by Gasteiger charge is 2.14. The summed E-state index contributed by atoms with van der Waals surface area (Å²) in [6, 6.07) is 13.4. The number of ether oxygens (including phenoxy) is 2. The first-order valence-corrected chi connectivity index (χ1v) is 8.37. The Bertz CT molecular complexity index is 780. The van der Waals surface area contributed by atoms with Crippen molar-refractivity contribution in [3.8, 4) is 11.5 Å². The summed E-state index contributed by atoms with van der Waals surface area (Å²) in [7, 11) is 0. The quantitative estimate of drug-likeness (QED) is 0.320. The molecule has 136 valence electrons. The van der Waals surface area contributed by atoms with Crippen molar-refractivity contribution in [3.63, 3.8) is 0 Å². The van der Waals surface area contributed by atoms with Gasteiger partial charge in [0.1, 0.15) is 11.5 Å². The van der Waals surface area contributed by atoms with Crippen molar-refractivity contribution in [1.82, 2.24) is 0 Å². The van der Waals surface area contributed by atoms with Gasteiger partial charge in [-0.05, 0) is 31.9 Å². The predicted octanol–water partition coefficient (Wildman–Crippen LogP) is 3.90. The second-order valence-electron chi connectivity index (χ2n) is 5.85. The number of benzene rings is 2. The Morgan fingerprint density at radius 3 is 2.38 bits per heavy atom. The first-order valence-electron chi connectivity index (χ1n) is 8.37.